The van der Waals surface area contributed by atoms with E-state index in [9.17, 15) is 0 Å². The van der Waals surface area contributed by atoms with Gasteiger partial charge in [-0.15, -0.1) is 4.55 Å². The van der Waals surface area contributed by atoms with Crippen LogP contribution in [0.4, 0.5) is 0 Å². The minimum atomic E-state index is 0.0905. The van der Waals surface area contributed by atoms with E-state index in [0.29, 0.717) is 6.61 Å². The zero-order valence-corrected chi connectivity index (χ0v) is 12.0. The number of rotatable bonds is 8. The molecule has 0 atom stereocenters. The molecule has 1 radical (unpaired) electrons. The van der Waals surface area contributed by atoms with Crippen molar-refractivity contribution in [2.45, 2.75) is 30.4 Å². The molecule has 1 nitrogen and oxygen atoms in total. The van der Waals surface area contributed by atoms with Crippen LogP contribution in [0.15, 0.2) is 30.3 Å². The summed E-state index contributed by atoms with van der Waals surface area (Å²) < 4.78 is 6.87. The van der Waals surface area contributed by atoms with Crippen molar-refractivity contribution in [3.8, 4) is 0 Å². The summed E-state index contributed by atoms with van der Waals surface area (Å²) in [6.45, 7) is 2.65. The summed E-state index contributed by atoms with van der Waals surface area (Å²) in [5.74, 6) is 0. The van der Waals surface area contributed by atoms with Crippen LogP contribution in [0.5, 0.6) is 0 Å². The molecule has 0 aliphatic rings. The van der Waals surface area contributed by atoms with Crippen LogP contribution in [0, 0.1) is 6.61 Å². The summed E-state index contributed by atoms with van der Waals surface area (Å²) in [5.41, 5.74) is 1.24. The minimum Gasteiger partial charge on any atom is -0.371 e. The maximum atomic E-state index is 5.47. The van der Waals surface area contributed by atoms with Gasteiger partial charge in [0.15, 0.2) is 0 Å². The van der Waals surface area contributed by atoms with Gasteiger partial charge in [-0.3, -0.25) is 0 Å². The van der Waals surface area contributed by atoms with E-state index in [1.54, 1.807) is 0 Å². The van der Waals surface area contributed by atoms with Crippen molar-refractivity contribution in [2.75, 3.05) is 0 Å². The second-order valence-corrected chi connectivity index (χ2v) is 6.97. The first-order valence-corrected chi connectivity index (χ1v) is 10.4. The number of unbranched alkanes of at least 4 members (excludes halogenated alkanes) is 2. The van der Waals surface area contributed by atoms with Gasteiger partial charge in [0.25, 0.3) is 0 Å². The highest BCUT2D eigenvalue weighted by atomic mass is 79.9. The molecule has 15 heavy (non-hydrogen) atoms. The van der Waals surface area contributed by atoms with Gasteiger partial charge in [0, 0.05) is 0 Å². The average molecular weight is 280 g/mol. The van der Waals surface area contributed by atoms with Gasteiger partial charge in [0.2, 0.25) is 0 Å². The van der Waals surface area contributed by atoms with Crippen LogP contribution in [0.2, 0.25) is 4.55 Å². The zero-order valence-electron chi connectivity index (χ0n) is 8.99. The van der Waals surface area contributed by atoms with Gasteiger partial charge in [-0.1, -0.05) is 43.2 Å². The lowest BCUT2D eigenvalue weighted by atomic mass is 10.2. The van der Waals surface area contributed by atoms with Crippen molar-refractivity contribution in [1.29, 1.82) is 0 Å². The monoisotopic (exact) mass is 279 g/mol. The average Bonchev–Trinajstić information content (AvgIpc) is 2.29. The van der Waals surface area contributed by atoms with Gasteiger partial charge in [0.1, 0.15) is 0 Å². The van der Waals surface area contributed by atoms with Crippen LogP contribution in [-0.2, 0) is 11.3 Å². The van der Waals surface area contributed by atoms with Crippen LogP contribution < -0.4 is 0 Å². The predicted octanol–water partition coefficient (Wildman–Crippen LogP) is 3.97. The fraction of sp³-hybridized carbons (Fsp3) is 0.417. The fourth-order valence-corrected chi connectivity index (χ4v) is 3.04. The Morgan fingerprint density at radius 3 is 2.73 bits per heavy atom. The maximum Gasteiger partial charge on any atom is 0.468 e. The molecule has 0 heterocycles. The quantitative estimate of drug-likeness (QED) is 0.517. The molecule has 0 fully saturated rings. The van der Waals surface area contributed by atoms with Crippen LogP contribution in [-0.4, -0.2) is 18.2 Å². The van der Waals surface area contributed by atoms with Crippen molar-refractivity contribution in [2.24, 2.45) is 0 Å². The Kier molecular flexibility index (Phi) is 8.67. The smallest absolute Gasteiger partial charge is 0.371 e. The second kappa shape index (κ2) is 9.64. The number of benzene rings is 1. The van der Waals surface area contributed by atoms with E-state index >= 15 is 0 Å². The van der Waals surface area contributed by atoms with Crippen molar-refractivity contribution in [1.82, 2.24) is 0 Å². The molecule has 0 aromatic heterocycles. The van der Waals surface area contributed by atoms with Gasteiger partial charge in [-0.25, -0.2) is 0 Å². The van der Waals surface area contributed by atoms with E-state index in [1.165, 1.54) is 23.0 Å². The van der Waals surface area contributed by atoms with E-state index in [1.807, 2.05) is 24.8 Å². The van der Waals surface area contributed by atoms with Crippen LogP contribution in [0.25, 0.3) is 0 Å². The maximum absolute atomic E-state index is 5.47. The molecule has 0 unspecified atom stereocenters. The van der Waals surface area contributed by atoms with Gasteiger partial charge in [0.05, 0.1) is 13.2 Å². The van der Waals surface area contributed by atoms with Crippen LogP contribution in [0.1, 0.15) is 24.8 Å². The van der Waals surface area contributed by atoms with E-state index in [-0.39, 0.29) is 18.2 Å². The first-order chi connectivity index (χ1) is 7.43. The normalized spacial score (nSPS) is 9.93. The van der Waals surface area contributed by atoms with Crippen LogP contribution >= 0.6 is 12.9 Å². The molecular weight excluding hydrogens is 264 g/mol. The number of halogens is 1. The number of ether oxygens (including phenoxy) is 1. The predicted molar refractivity (Wildman–Crippen MR) is 68.9 cm³/mol. The summed E-state index contributed by atoms with van der Waals surface area (Å²) in [7, 11) is 0. The third kappa shape index (κ3) is 7.34. The number of hydrogen-bond acceptors (Lipinski definition) is 1. The molecule has 0 N–H and O–H groups in total. The minimum absolute atomic E-state index is 0.0905. The Morgan fingerprint density at radius 1 is 1.20 bits per heavy atom. The second-order valence-electron chi connectivity index (χ2n) is 3.50. The molecule has 1 rings (SSSR count). The lowest BCUT2D eigenvalue weighted by Gasteiger charge is -2.03. The summed E-state index contributed by atoms with van der Waals surface area (Å²) in [6, 6.07) is 10.3. The van der Waals surface area contributed by atoms with E-state index in [2.05, 4.69) is 25.0 Å². The molecular formula is C12H16BrMgO. The molecule has 0 aliphatic heterocycles. The molecule has 0 amide bonds. The van der Waals surface area contributed by atoms with E-state index in [0.717, 1.165) is 6.42 Å². The molecule has 1 aromatic rings. The summed E-state index contributed by atoms with van der Waals surface area (Å²) >= 11 is 3.65. The standard InChI is InChI=1S/C12H16O.BrH.Mg/c1-2-3-7-10-13-11-12-8-5-4-6-9-12;;/h4-6,8-10H,1-3,7,11H2;1H;/q;;+1/p-1. The van der Waals surface area contributed by atoms with E-state index < -0.39 is 0 Å². The lowest BCUT2D eigenvalue weighted by molar-refractivity contribution is 0.177. The van der Waals surface area contributed by atoms with Crippen molar-refractivity contribution in [3.63, 3.8) is 0 Å². The van der Waals surface area contributed by atoms with Crippen molar-refractivity contribution >= 4 is 31.1 Å². The summed E-state index contributed by atoms with van der Waals surface area (Å²) in [5, 5.41) is 0. The summed E-state index contributed by atoms with van der Waals surface area (Å²) in [4.78, 5) is 0. The largest absolute Gasteiger partial charge is 0.468 e. The number of hydrogen-bond donors (Lipinski definition) is 0. The van der Waals surface area contributed by atoms with Crippen molar-refractivity contribution < 1.29 is 4.74 Å². The molecule has 0 bridgehead atoms. The highest BCUT2D eigenvalue weighted by molar-refractivity contribution is 9.23. The van der Waals surface area contributed by atoms with Gasteiger partial charge in [-0.05, 0) is 12.0 Å². The Labute approximate surface area is 108 Å². The Hall–Kier alpha value is 0.426. The Morgan fingerprint density at radius 2 is 2.00 bits per heavy atom. The topological polar surface area (TPSA) is 9.23 Å². The Bertz CT molecular complexity index is 241. The molecule has 0 saturated carbocycles. The molecule has 0 saturated heterocycles. The van der Waals surface area contributed by atoms with Gasteiger partial charge >= 0.3 is 18.2 Å². The van der Waals surface area contributed by atoms with Gasteiger partial charge < -0.3 is 17.6 Å². The SMILES string of the molecule is [Br][Mg][CH2]CCC[CH]OCc1ccccc1. The molecule has 0 spiro atoms. The summed E-state index contributed by atoms with van der Waals surface area (Å²) in [6.07, 6.45) is 3.67. The highest BCUT2D eigenvalue weighted by Crippen LogP contribution is 2.07. The lowest BCUT2D eigenvalue weighted by Crippen LogP contribution is -1.90. The van der Waals surface area contributed by atoms with Gasteiger partial charge in [-0.2, -0.15) is 0 Å². The van der Waals surface area contributed by atoms with Crippen molar-refractivity contribution in [3.05, 3.63) is 42.5 Å². The fourth-order valence-electron chi connectivity index (χ4n) is 1.31. The first-order valence-electron chi connectivity index (χ1n) is 5.46. The van der Waals surface area contributed by atoms with Crippen LogP contribution in [0.3, 0.4) is 0 Å². The molecule has 0 aliphatic carbocycles. The molecule has 79 valence electrons. The zero-order chi connectivity index (χ0) is 10.8. The Balaban J connectivity index is 1.93. The first kappa shape index (κ1) is 13.5. The van der Waals surface area contributed by atoms with E-state index in [4.69, 9.17) is 4.74 Å². The third-order valence-corrected chi connectivity index (χ3v) is 4.62. The highest BCUT2D eigenvalue weighted by Gasteiger charge is 1.94. The molecule has 1 aromatic carbocycles. The molecule has 3 heteroatoms. The third-order valence-electron chi connectivity index (χ3n) is 2.17.